The quantitative estimate of drug-likeness (QED) is 0.455. The van der Waals surface area contributed by atoms with Gasteiger partial charge in [0.2, 0.25) is 0 Å². The third-order valence-corrected chi connectivity index (χ3v) is 0. The Hall–Kier alpha value is 2.04. The fourth-order valence-electron chi connectivity index (χ4n) is 0. The second-order valence-electron chi connectivity index (χ2n) is 1.72. The molecule has 0 heterocycles. The molecule has 9 heavy (non-hydrogen) atoms. The Kier molecular flexibility index (Phi) is 10.2. The Morgan fingerprint density at radius 2 is 0.889 bits per heavy atom. The summed E-state index contributed by atoms with van der Waals surface area (Å²) in [4.78, 5) is 0. The molecular weight excluding hydrogens is 237 g/mol. The van der Waals surface area contributed by atoms with Crippen molar-refractivity contribution < 1.29 is 0 Å². The summed E-state index contributed by atoms with van der Waals surface area (Å²) in [5.74, 6) is 0. The van der Waals surface area contributed by atoms with Crippen LogP contribution in [0.1, 0.15) is 0 Å². The lowest BCUT2D eigenvalue weighted by atomic mass is 11.9. The van der Waals surface area contributed by atoms with Gasteiger partial charge in [-0.25, -0.2) is 0 Å². The van der Waals surface area contributed by atoms with Crippen molar-refractivity contribution >= 4 is 60.5 Å². The molecule has 0 aromatic rings. The first-order valence-corrected chi connectivity index (χ1v) is 11.5. The van der Waals surface area contributed by atoms with Gasteiger partial charge in [0.05, 0.1) is 18.8 Å². The summed E-state index contributed by atoms with van der Waals surface area (Å²) in [6, 6.07) is 0. The van der Waals surface area contributed by atoms with E-state index in [2.05, 4.69) is 18.8 Å². The molecule has 0 bridgehead atoms. The second kappa shape index (κ2) is 6.73. The van der Waals surface area contributed by atoms with Gasteiger partial charge in [-0.2, -0.15) is 0 Å². The Bertz CT molecular complexity index is 52.6. The lowest BCUT2D eigenvalue weighted by Gasteiger charge is -1.97. The smallest absolute Gasteiger partial charge is 0.391 e. The van der Waals surface area contributed by atoms with Gasteiger partial charge in [0.1, 0.15) is 0 Å². The van der Waals surface area contributed by atoms with Crippen LogP contribution < -0.4 is 0 Å². The molecule has 0 saturated heterocycles. The molecule has 0 atom stereocenters. The van der Waals surface area contributed by atoms with Crippen LogP contribution in [0.25, 0.3) is 0 Å². The van der Waals surface area contributed by atoms with Crippen LogP contribution in [0.15, 0.2) is 0 Å². The molecule has 0 fully saturated rings. The maximum absolute atomic E-state index is 4.99. The highest BCUT2D eigenvalue weighted by atomic mass is 35.9. The summed E-state index contributed by atoms with van der Waals surface area (Å²) in [6.45, 7) is 0. The van der Waals surface area contributed by atoms with Gasteiger partial charge >= 0.3 is 9.39 Å². The van der Waals surface area contributed by atoms with Crippen molar-refractivity contribution in [3.8, 4) is 0 Å². The highest BCUT2D eigenvalue weighted by Crippen LogP contribution is 2.23. The van der Waals surface area contributed by atoms with Crippen LogP contribution in [0.3, 0.4) is 0 Å². The molecular formula is C3H9AlCl4S. The zero-order chi connectivity index (χ0) is 8.08. The van der Waals surface area contributed by atoms with Crippen molar-refractivity contribution in [3.05, 3.63) is 0 Å². The Morgan fingerprint density at radius 1 is 0.889 bits per heavy atom. The summed E-state index contributed by atoms with van der Waals surface area (Å²) >= 11 is 0. The van der Waals surface area contributed by atoms with Gasteiger partial charge in [-0.15, -0.1) is 0 Å². The highest BCUT2D eigenvalue weighted by Gasteiger charge is 2.14. The van der Waals surface area contributed by atoms with Crippen molar-refractivity contribution in [2.45, 2.75) is 0 Å². The molecule has 0 aromatic heterocycles. The molecule has 0 radical (unpaired) electrons. The maximum Gasteiger partial charge on any atom is 0.564 e. The van der Waals surface area contributed by atoms with Gasteiger partial charge in [-0.1, -0.05) is 0 Å². The number of hydrogen-bond donors (Lipinski definition) is 0. The van der Waals surface area contributed by atoms with Crippen LogP contribution in [0.4, 0.5) is 0 Å². The molecule has 0 aliphatic heterocycles. The minimum atomic E-state index is -2.94. The first-order valence-electron chi connectivity index (χ1n) is 2.10. The molecule has 0 spiro atoms. The van der Waals surface area contributed by atoms with Crippen LogP contribution in [-0.2, 0) is 10.9 Å². The van der Waals surface area contributed by atoms with E-state index < -0.39 is 9.39 Å². The third-order valence-electron chi connectivity index (χ3n) is 0. The van der Waals surface area contributed by atoms with Crippen LogP contribution in [0, 0.1) is 0 Å². The lowest BCUT2D eigenvalue weighted by molar-refractivity contribution is 2.18. The number of halogens is 4. The molecule has 0 aliphatic rings. The predicted molar refractivity (Wildman–Crippen MR) is 54.3 cm³/mol. The van der Waals surface area contributed by atoms with E-state index in [0.717, 1.165) is 0 Å². The van der Waals surface area contributed by atoms with Crippen molar-refractivity contribution in [3.63, 3.8) is 0 Å². The minimum Gasteiger partial charge on any atom is -0.391 e. The van der Waals surface area contributed by atoms with Gasteiger partial charge in [0.15, 0.2) is 0 Å². The average Bonchev–Trinajstić information content (AvgIpc) is 1.19. The molecule has 58 valence electrons. The largest absolute Gasteiger partial charge is 0.564 e. The van der Waals surface area contributed by atoms with E-state index in [1.165, 1.54) is 0 Å². The number of rotatable bonds is 0. The van der Waals surface area contributed by atoms with Crippen LogP contribution in [0.5, 0.6) is 0 Å². The summed E-state index contributed by atoms with van der Waals surface area (Å²) in [6.07, 6.45) is 6.58. The highest BCUT2D eigenvalue weighted by molar-refractivity contribution is 7.94. The Labute approximate surface area is 78.6 Å². The maximum atomic E-state index is 4.99. The standard InChI is InChI=1S/C3H9S.Al.4ClH/c1-4(2)3;;;;;/h1-3H3;;4*1H/q+1;+3;;;;/p-4. The molecule has 0 amide bonds. The zero-order valence-electron chi connectivity index (χ0n) is 5.50. The van der Waals surface area contributed by atoms with Crippen LogP contribution >= 0.6 is 40.2 Å². The van der Waals surface area contributed by atoms with E-state index in [9.17, 15) is 0 Å². The lowest BCUT2D eigenvalue weighted by Crippen LogP contribution is -1.91. The van der Waals surface area contributed by atoms with Gasteiger partial charge in [-0.05, 0) is 10.9 Å². The molecule has 6 heteroatoms. The molecule has 0 N–H and O–H groups in total. The van der Waals surface area contributed by atoms with Crippen molar-refractivity contribution in [1.29, 1.82) is 0 Å². The predicted octanol–water partition coefficient (Wildman–Crippen LogP) is 2.87. The first kappa shape index (κ1) is 13.6. The fourth-order valence-corrected chi connectivity index (χ4v) is 0. The first-order chi connectivity index (χ1) is 3.73. The topological polar surface area (TPSA) is 0 Å². The summed E-state index contributed by atoms with van der Waals surface area (Å²) < 4.78 is 0. The SMILES string of the molecule is C[S+](C)C.[Cl][Al-]([Cl])([Cl])[Cl]. The summed E-state index contributed by atoms with van der Waals surface area (Å²) in [5.41, 5.74) is 0. The Balaban J connectivity index is 0. The zero-order valence-corrected chi connectivity index (χ0v) is 10.5. The number of hydrogen-bond acceptors (Lipinski definition) is 0. The van der Waals surface area contributed by atoms with Gasteiger partial charge in [-0.3, -0.25) is 0 Å². The van der Waals surface area contributed by atoms with Gasteiger partial charge < -0.3 is 40.2 Å². The van der Waals surface area contributed by atoms with E-state index in [-0.39, 0.29) is 0 Å². The van der Waals surface area contributed by atoms with Crippen molar-refractivity contribution in [2.75, 3.05) is 18.8 Å². The van der Waals surface area contributed by atoms with E-state index in [0.29, 0.717) is 10.9 Å². The van der Waals surface area contributed by atoms with E-state index in [4.69, 9.17) is 40.2 Å². The Morgan fingerprint density at radius 3 is 0.889 bits per heavy atom. The van der Waals surface area contributed by atoms with Crippen molar-refractivity contribution in [1.82, 2.24) is 0 Å². The van der Waals surface area contributed by atoms with Crippen molar-refractivity contribution in [2.24, 2.45) is 0 Å². The van der Waals surface area contributed by atoms with Gasteiger partial charge in [0, 0.05) is 0 Å². The van der Waals surface area contributed by atoms with E-state index in [1.54, 1.807) is 0 Å². The average molecular weight is 246 g/mol. The molecule has 0 aliphatic carbocycles. The van der Waals surface area contributed by atoms with Crippen LogP contribution in [0.2, 0.25) is 0 Å². The third kappa shape index (κ3) is 156. The van der Waals surface area contributed by atoms with Crippen LogP contribution in [-0.4, -0.2) is 28.2 Å². The second-order valence-corrected chi connectivity index (χ2v) is 17.0. The monoisotopic (exact) mass is 244 g/mol. The fraction of sp³-hybridized carbons (Fsp3) is 1.00. The summed E-state index contributed by atoms with van der Waals surface area (Å²) in [5, 5.41) is 0. The molecule has 0 saturated carbocycles. The summed E-state index contributed by atoms with van der Waals surface area (Å²) in [7, 11) is 17.7. The molecule has 0 nitrogen and oxygen atoms in total. The minimum absolute atomic E-state index is 0.639. The molecule has 0 aromatic carbocycles. The normalized spacial score (nSPS) is 10.7. The van der Waals surface area contributed by atoms with E-state index in [1.807, 2.05) is 0 Å². The van der Waals surface area contributed by atoms with Gasteiger partial charge in [0.25, 0.3) is 0 Å². The molecule has 0 unspecified atom stereocenters. The van der Waals surface area contributed by atoms with E-state index >= 15 is 0 Å². The molecule has 0 rings (SSSR count).